The quantitative estimate of drug-likeness (QED) is 0.898. The number of benzene rings is 1. The third kappa shape index (κ3) is 4.57. The van der Waals surface area contributed by atoms with Crippen LogP contribution in [0.4, 0.5) is 0 Å². The summed E-state index contributed by atoms with van der Waals surface area (Å²) in [6.07, 6.45) is 3.93. The van der Waals surface area contributed by atoms with Crippen molar-refractivity contribution in [3.05, 3.63) is 35.4 Å². The molecule has 134 valence electrons. The van der Waals surface area contributed by atoms with Gasteiger partial charge in [0.1, 0.15) is 0 Å². The number of rotatable bonds is 5. The van der Waals surface area contributed by atoms with Crippen molar-refractivity contribution in [2.75, 3.05) is 40.0 Å². The van der Waals surface area contributed by atoms with Crippen LogP contribution in [0.3, 0.4) is 0 Å². The third-order valence-electron chi connectivity index (χ3n) is 5.64. The number of aliphatic hydroxyl groups is 1. The van der Waals surface area contributed by atoms with Crippen LogP contribution in [0.1, 0.15) is 30.4 Å². The summed E-state index contributed by atoms with van der Waals surface area (Å²) < 4.78 is 11.2. The van der Waals surface area contributed by atoms with Gasteiger partial charge >= 0.3 is 0 Å². The highest BCUT2D eigenvalue weighted by Gasteiger charge is 2.36. The van der Waals surface area contributed by atoms with E-state index in [9.17, 15) is 5.11 Å². The molecule has 2 atom stereocenters. The van der Waals surface area contributed by atoms with Crippen molar-refractivity contribution >= 4 is 0 Å². The third-order valence-corrected chi connectivity index (χ3v) is 5.64. The Hall–Kier alpha value is -0.940. The molecule has 2 heterocycles. The number of likely N-dealkylation sites (tertiary alicyclic amines) is 1. The summed E-state index contributed by atoms with van der Waals surface area (Å²) in [6, 6.07) is 8.85. The summed E-state index contributed by atoms with van der Waals surface area (Å²) >= 11 is 0. The average Bonchev–Trinajstić information content (AvgIpc) is 2.58. The number of ether oxygens (including phenoxy) is 2. The van der Waals surface area contributed by atoms with Gasteiger partial charge in [-0.2, -0.15) is 0 Å². The first-order valence-electron chi connectivity index (χ1n) is 9.19. The summed E-state index contributed by atoms with van der Waals surface area (Å²) in [5.74, 6) is 0.554. The molecule has 2 aliphatic rings. The Labute approximate surface area is 145 Å². The maximum absolute atomic E-state index is 10.7. The molecule has 2 saturated heterocycles. The number of methoxy groups -OCH3 is 1. The van der Waals surface area contributed by atoms with E-state index < -0.39 is 5.60 Å². The van der Waals surface area contributed by atoms with Crippen LogP contribution in [0, 0.1) is 12.8 Å². The molecule has 4 heteroatoms. The number of nitrogens with zero attached hydrogens (tertiary/aromatic N) is 1. The predicted molar refractivity (Wildman–Crippen MR) is 95.2 cm³/mol. The molecule has 0 spiro atoms. The minimum Gasteiger partial charge on any atom is -0.388 e. The van der Waals surface area contributed by atoms with Crippen LogP contribution in [0.2, 0.25) is 0 Å². The summed E-state index contributed by atoms with van der Waals surface area (Å²) in [5.41, 5.74) is 2.12. The molecular formula is C20H31NO3. The van der Waals surface area contributed by atoms with Crippen molar-refractivity contribution in [1.82, 2.24) is 4.90 Å². The molecule has 2 aliphatic heterocycles. The second kappa shape index (κ2) is 7.96. The van der Waals surface area contributed by atoms with Crippen LogP contribution in [0.5, 0.6) is 0 Å². The van der Waals surface area contributed by atoms with Gasteiger partial charge in [-0.3, -0.25) is 4.90 Å². The van der Waals surface area contributed by atoms with Crippen LogP contribution in [0.25, 0.3) is 0 Å². The topological polar surface area (TPSA) is 41.9 Å². The van der Waals surface area contributed by atoms with E-state index in [0.29, 0.717) is 19.1 Å². The second-order valence-electron chi connectivity index (χ2n) is 7.58. The van der Waals surface area contributed by atoms with Crippen molar-refractivity contribution in [2.24, 2.45) is 5.92 Å². The summed E-state index contributed by atoms with van der Waals surface area (Å²) in [6.45, 7) is 6.17. The van der Waals surface area contributed by atoms with Crippen molar-refractivity contribution in [2.45, 2.75) is 44.3 Å². The standard InChI is InChI=1S/C20H31NO3/c1-16-3-5-17(6-4-16)13-18-7-10-21(14-19(18)23-2)15-20(22)8-11-24-12-9-20/h3-6,18-19,22H,7-15H2,1-2H3/t18-,19+/m1/s1. The van der Waals surface area contributed by atoms with Gasteiger partial charge in [-0.05, 0) is 37.8 Å². The Kier molecular flexibility index (Phi) is 5.93. The lowest BCUT2D eigenvalue weighted by Crippen LogP contribution is -2.53. The SMILES string of the molecule is CO[C@H]1CN(CC2(O)CCOCC2)CC[C@@H]1Cc1ccc(C)cc1. The largest absolute Gasteiger partial charge is 0.388 e. The van der Waals surface area contributed by atoms with Crippen molar-refractivity contribution in [1.29, 1.82) is 0 Å². The lowest BCUT2D eigenvalue weighted by molar-refractivity contribution is -0.0954. The lowest BCUT2D eigenvalue weighted by Gasteiger charge is -2.42. The van der Waals surface area contributed by atoms with Gasteiger partial charge in [0, 0.05) is 46.3 Å². The fourth-order valence-corrected chi connectivity index (χ4v) is 4.03. The fourth-order valence-electron chi connectivity index (χ4n) is 4.03. The van der Waals surface area contributed by atoms with Gasteiger partial charge in [0.05, 0.1) is 11.7 Å². The van der Waals surface area contributed by atoms with E-state index in [2.05, 4.69) is 36.1 Å². The van der Waals surface area contributed by atoms with Crippen molar-refractivity contribution in [3.63, 3.8) is 0 Å². The van der Waals surface area contributed by atoms with Crippen LogP contribution in [-0.2, 0) is 15.9 Å². The van der Waals surface area contributed by atoms with Crippen LogP contribution < -0.4 is 0 Å². The number of piperidine rings is 1. The smallest absolute Gasteiger partial charge is 0.0817 e. The van der Waals surface area contributed by atoms with E-state index in [1.54, 1.807) is 0 Å². The maximum atomic E-state index is 10.7. The molecular weight excluding hydrogens is 302 g/mol. The molecule has 0 saturated carbocycles. The fraction of sp³-hybridized carbons (Fsp3) is 0.700. The first kappa shape index (κ1) is 17.9. The Bertz CT molecular complexity index is 510. The molecule has 0 amide bonds. The van der Waals surface area contributed by atoms with Crippen LogP contribution in [-0.4, -0.2) is 61.7 Å². The normalized spacial score (nSPS) is 28.0. The molecule has 1 aromatic carbocycles. The molecule has 1 aromatic rings. The molecule has 1 N–H and O–H groups in total. The summed E-state index contributed by atoms with van der Waals surface area (Å²) in [4.78, 5) is 2.38. The Morgan fingerprint density at radius 1 is 1.25 bits per heavy atom. The highest BCUT2D eigenvalue weighted by molar-refractivity contribution is 5.22. The molecule has 0 aromatic heterocycles. The van der Waals surface area contributed by atoms with Gasteiger partial charge in [0.15, 0.2) is 0 Å². The average molecular weight is 333 g/mol. The van der Waals surface area contributed by atoms with E-state index in [4.69, 9.17) is 9.47 Å². The Morgan fingerprint density at radius 3 is 2.62 bits per heavy atom. The van der Waals surface area contributed by atoms with E-state index in [1.807, 2.05) is 7.11 Å². The number of aryl methyl sites for hydroxylation is 1. The zero-order chi connectivity index (χ0) is 17.0. The predicted octanol–water partition coefficient (Wildman–Crippen LogP) is 2.42. The first-order chi connectivity index (χ1) is 11.6. The second-order valence-corrected chi connectivity index (χ2v) is 7.58. The van der Waals surface area contributed by atoms with E-state index >= 15 is 0 Å². The molecule has 3 rings (SSSR count). The minimum atomic E-state index is -0.583. The number of hydrogen-bond acceptors (Lipinski definition) is 4. The van der Waals surface area contributed by atoms with E-state index in [-0.39, 0.29) is 6.10 Å². The number of hydrogen-bond donors (Lipinski definition) is 1. The molecule has 4 nitrogen and oxygen atoms in total. The van der Waals surface area contributed by atoms with Gasteiger partial charge in [-0.25, -0.2) is 0 Å². The van der Waals surface area contributed by atoms with Gasteiger partial charge < -0.3 is 14.6 Å². The van der Waals surface area contributed by atoms with E-state index in [1.165, 1.54) is 11.1 Å². The molecule has 2 fully saturated rings. The first-order valence-corrected chi connectivity index (χ1v) is 9.19. The molecule has 0 unspecified atom stereocenters. The highest BCUT2D eigenvalue weighted by atomic mass is 16.5. The van der Waals surface area contributed by atoms with Crippen molar-refractivity contribution in [3.8, 4) is 0 Å². The summed E-state index contributed by atoms with van der Waals surface area (Å²) in [5, 5.41) is 10.7. The van der Waals surface area contributed by atoms with Gasteiger partial charge in [0.2, 0.25) is 0 Å². The lowest BCUT2D eigenvalue weighted by atomic mass is 9.86. The number of β-amino-alcohol motifs (C(OH)–C–C–N with tert-alkyl or cyclic N) is 1. The Morgan fingerprint density at radius 2 is 1.96 bits per heavy atom. The van der Waals surface area contributed by atoms with Crippen LogP contribution in [0.15, 0.2) is 24.3 Å². The minimum absolute atomic E-state index is 0.239. The van der Waals surface area contributed by atoms with Crippen molar-refractivity contribution < 1.29 is 14.6 Å². The monoisotopic (exact) mass is 333 g/mol. The van der Waals surface area contributed by atoms with Gasteiger partial charge in [-0.15, -0.1) is 0 Å². The summed E-state index contributed by atoms with van der Waals surface area (Å²) in [7, 11) is 1.82. The molecule has 0 aliphatic carbocycles. The maximum Gasteiger partial charge on any atom is 0.0817 e. The van der Waals surface area contributed by atoms with Crippen LogP contribution >= 0.6 is 0 Å². The molecule has 0 radical (unpaired) electrons. The molecule has 0 bridgehead atoms. The zero-order valence-corrected chi connectivity index (χ0v) is 15.0. The van der Waals surface area contributed by atoms with E-state index in [0.717, 1.165) is 45.3 Å². The zero-order valence-electron chi connectivity index (χ0n) is 15.0. The van der Waals surface area contributed by atoms with Gasteiger partial charge in [-0.1, -0.05) is 29.8 Å². The Balaban J connectivity index is 1.56. The van der Waals surface area contributed by atoms with Gasteiger partial charge in [0.25, 0.3) is 0 Å². The highest BCUT2D eigenvalue weighted by Crippen LogP contribution is 2.28. The molecule has 24 heavy (non-hydrogen) atoms.